The van der Waals surface area contributed by atoms with Crippen molar-refractivity contribution in [2.75, 3.05) is 10.7 Å². The molecule has 1 aliphatic heterocycles. The molecule has 3 amide bonds. The lowest BCUT2D eigenvalue weighted by atomic mass is 10.1. The summed E-state index contributed by atoms with van der Waals surface area (Å²) < 4.78 is 0. The minimum Gasteiger partial charge on any atom is -0.325 e. The Balaban J connectivity index is 1.57. The number of thioether (sulfide) groups is 1. The van der Waals surface area contributed by atoms with E-state index in [1.807, 2.05) is 36.4 Å². The molecule has 2 heterocycles. The van der Waals surface area contributed by atoms with Crippen LogP contribution in [0.4, 0.5) is 5.69 Å². The first-order chi connectivity index (χ1) is 15.1. The molecule has 3 aromatic rings. The van der Waals surface area contributed by atoms with Crippen LogP contribution in [0.15, 0.2) is 84.3 Å². The van der Waals surface area contributed by atoms with E-state index in [1.54, 1.807) is 42.7 Å². The maximum Gasteiger partial charge on any atom is 0.257 e. The van der Waals surface area contributed by atoms with Crippen LogP contribution in [0.3, 0.4) is 0 Å². The SMILES string of the molecule is O=C1CC(N(Cc2ccccc2)C(=O)CSc2ncccn2)C(=O)N1c1ccccc1. The molecule has 0 saturated carbocycles. The molecule has 1 aliphatic rings. The lowest BCUT2D eigenvalue weighted by molar-refractivity contribution is -0.136. The first-order valence-corrected chi connectivity index (χ1v) is 10.8. The molecule has 0 aliphatic carbocycles. The van der Waals surface area contributed by atoms with Gasteiger partial charge >= 0.3 is 0 Å². The zero-order valence-electron chi connectivity index (χ0n) is 16.6. The van der Waals surface area contributed by atoms with Crippen LogP contribution in [0.1, 0.15) is 12.0 Å². The Morgan fingerprint density at radius 3 is 2.29 bits per heavy atom. The number of carbonyl (C=O) groups excluding carboxylic acids is 3. The maximum atomic E-state index is 13.2. The van der Waals surface area contributed by atoms with Gasteiger partial charge in [-0.2, -0.15) is 0 Å². The number of para-hydroxylation sites is 1. The highest BCUT2D eigenvalue weighted by Gasteiger charge is 2.44. The molecule has 31 heavy (non-hydrogen) atoms. The number of aromatic nitrogens is 2. The summed E-state index contributed by atoms with van der Waals surface area (Å²) in [5, 5.41) is 0.482. The smallest absolute Gasteiger partial charge is 0.257 e. The van der Waals surface area contributed by atoms with Gasteiger partial charge in [0.05, 0.1) is 17.9 Å². The predicted octanol–water partition coefficient (Wildman–Crippen LogP) is 2.93. The lowest BCUT2D eigenvalue weighted by Crippen LogP contribution is -2.45. The molecule has 7 nitrogen and oxygen atoms in total. The second-order valence-corrected chi connectivity index (χ2v) is 7.89. The summed E-state index contributed by atoms with van der Waals surface area (Å²) in [4.78, 5) is 50.0. The summed E-state index contributed by atoms with van der Waals surface area (Å²) in [5.41, 5.74) is 1.40. The third-order valence-electron chi connectivity index (χ3n) is 4.90. The van der Waals surface area contributed by atoms with E-state index in [0.29, 0.717) is 10.8 Å². The van der Waals surface area contributed by atoms with Gasteiger partial charge < -0.3 is 4.90 Å². The number of carbonyl (C=O) groups is 3. The molecule has 1 aromatic heterocycles. The lowest BCUT2D eigenvalue weighted by Gasteiger charge is -2.27. The third-order valence-corrected chi connectivity index (χ3v) is 5.76. The maximum absolute atomic E-state index is 13.2. The molecular formula is C23H20N4O3S. The highest BCUT2D eigenvalue weighted by atomic mass is 32.2. The van der Waals surface area contributed by atoms with Crippen molar-refractivity contribution in [1.82, 2.24) is 14.9 Å². The van der Waals surface area contributed by atoms with Crippen LogP contribution in [0.25, 0.3) is 0 Å². The zero-order chi connectivity index (χ0) is 21.6. The number of amides is 3. The fourth-order valence-electron chi connectivity index (χ4n) is 3.43. The second kappa shape index (κ2) is 9.53. The van der Waals surface area contributed by atoms with Crippen LogP contribution >= 0.6 is 11.8 Å². The Morgan fingerprint density at radius 1 is 0.968 bits per heavy atom. The van der Waals surface area contributed by atoms with Gasteiger partial charge in [0.1, 0.15) is 6.04 Å². The van der Waals surface area contributed by atoms with Crippen LogP contribution in [-0.2, 0) is 20.9 Å². The van der Waals surface area contributed by atoms with Gasteiger partial charge in [0.25, 0.3) is 5.91 Å². The van der Waals surface area contributed by atoms with Crippen LogP contribution < -0.4 is 4.90 Å². The standard InChI is InChI=1S/C23H20N4O3S/c28-20-14-19(22(30)27(20)18-10-5-2-6-11-18)26(15-17-8-3-1-4-9-17)21(29)16-31-23-24-12-7-13-25-23/h1-13,19H,14-16H2. The summed E-state index contributed by atoms with van der Waals surface area (Å²) in [6.07, 6.45) is 3.18. The summed E-state index contributed by atoms with van der Waals surface area (Å²) in [6.45, 7) is 0.238. The summed E-state index contributed by atoms with van der Waals surface area (Å²) in [6, 6.07) is 19.1. The molecule has 1 atom stereocenters. The van der Waals surface area contributed by atoms with E-state index in [0.717, 1.165) is 5.56 Å². The molecule has 8 heteroatoms. The molecule has 156 valence electrons. The van der Waals surface area contributed by atoms with E-state index < -0.39 is 6.04 Å². The van der Waals surface area contributed by atoms with Crippen molar-refractivity contribution in [2.24, 2.45) is 0 Å². The Morgan fingerprint density at radius 2 is 1.61 bits per heavy atom. The second-order valence-electron chi connectivity index (χ2n) is 6.95. The Bertz CT molecular complexity index is 1060. The van der Waals surface area contributed by atoms with Gasteiger partial charge in [0, 0.05) is 18.9 Å². The largest absolute Gasteiger partial charge is 0.325 e. The topological polar surface area (TPSA) is 83.5 Å². The van der Waals surface area contributed by atoms with E-state index in [2.05, 4.69) is 9.97 Å². The van der Waals surface area contributed by atoms with E-state index in [-0.39, 0.29) is 36.4 Å². The van der Waals surface area contributed by atoms with Gasteiger partial charge in [-0.25, -0.2) is 14.9 Å². The third kappa shape index (κ3) is 4.80. The van der Waals surface area contributed by atoms with Crippen LogP contribution in [0.2, 0.25) is 0 Å². The molecule has 0 radical (unpaired) electrons. The number of imide groups is 1. The van der Waals surface area contributed by atoms with Crippen molar-refractivity contribution in [1.29, 1.82) is 0 Å². The minimum atomic E-state index is -0.849. The quantitative estimate of drug-likeness (QED) is 0.324. The van der Waals surface area contributed by atoms with Gasteiger partial charge in [-0.3, -0.25) is 14.4 Å². The molecule has 1 unspecified atom stereocenters. The summed E-state index contributed by atoms with van der Waals surface area (Å²) >= 11 is 1.20. The molecule has 1 fully saturated rings. The van der Waals surface area contributed by atoms with Gasteiger partial charge in [0.15, 0.2) is 5.16 Å². The predicted molar refractivity (Wildman–Crippen MR) is 117 cm³/mol. The van der Waals surface area contributed by atoms with E-state index in [4.69, 9.17) is 0 Å². The summed E-state index contributed by atoms with van der Waals surface area (Å²) in [5.74, 6) is -0.880. The molecular weight excluding hydrogens is 412 g/mol. The van der Waals surface area contributed by atoms with Gasteiger partial charge in [-0.15, -0.1) is 0 Å². The van der Waals surface area contributed by atoms with E-state index in [9.17, 15) is 14.4 Å². The van der Waals surface area contributed by atoms with Gasteiger partial charge in [0.2, 0.25) is 11.8 Å². The summed E-state index contributed by atoms with van der Waals surface area (Å²) in [7, 11) is 0. The average molecular weight is 433 g/mol. The Labute approximate surface area is 184 Å². The van der Waals surface area contributed by atoms with Crippen molar-refractivity contribution in [3.8, 4) is 0 Å². The zero-order valence-corrected chi connectivity index (χ0v) is 17.4. The van der Waals surface area contributed by atoms with E-state index >= 15 is 0 Å². The molecule has 4 rings (SSSR count). The number of hydrogen-bond donors (Lipinski definition) is 0. The fraction of sp³-hybridized carbons (Fsp3) is 0.174. The molecule has 1 saturated heterocycles. The highest BCUT2D eigenvalue weighted by molar-refractivity contribution is 7.99. The van der Waals surface area contributed by atoms with Crippen molar-refractivity contribution >= 4 is 35.2 Å². The first kappa shape index (κ1) is 20.7. The Hall–Kier alpha value is -3.52. The van der Waals surface area contributed by atoms with Crippen LogP contribution in [0.5, 0.6) is 0 Å². The normalized spacial score (nSPS) is 15.9. The number of anilines is 1. The van der Waals surface area contributed by atoms with Crippen molar-refractivity contribution in [2.45, 2.75) is 24.2 Å². The van der Waals surface area contributed by atoms with Crippen LogP contribution in [-0.4, -0.2) is 44.4 Å². The number of hydrogen-bond acceptors (Lipinski definition) is 6. The molecule has 0 N–H and O–H groups in total. The van der Waals surface area contributed by atoms with E-state index in [1.165, 1.54) is 21.6 Å². The van der Waals surface area contributed by atoms with Crippen molar-refractivity contribution in [3.63, 3.8) is 0 Å². The molecule has 0 spiro atoms. The van der Waals surface area contributed by atoms with Crippen LogP contribution in [0, 0.1) is 0 Å². The fourth-order valence-corrected chi connectivity index (χ4v) is 4.12. The average Bonchev–Trinajstić information content (AvgIpc) is 3.11. The van der Waals surface area contributed by atoms with Gasteiger partial charge in [-0.1, -0.05) is 60.3 Å². The van der Waals surface area contributed by atoms with Crippen molar-refractivity contribution < 1.29 is 14.4 Å². The monoisotopic (exact) mass is 432 g/mol. The molecule has 0 bridgehead atoms. The molecule has 2 aromatic carbocycles. The van der Waals surface area contributed by atoms with Crippen molar-refractivity contribution in [3.05, 3.63) is 84.7 Å². The minimum absolute atomic E-state index is 0.0429. The number of benzene rings is 2. The van der Waals surface area contributed by atoms with Gasteiger partial charge in [-0.05, 0) is 23.8 Å². The number of nitrogens with zero attached hydrogens (tertiary/aromatic N) is 4. The number of rotatable bonds is 7. The highest BCUT2D eigenvalue weighted by Crippen LogP contribution is 2.27. The Kier molecular flexibility index (Phi) is 6.37. The first-order valence-electron chi connectivity index (χ1n) is 9.78.